The van der Waals surface area contributed by atoms with Crippen molar-refractivity contribution in [1.82, 2.24) is 0 Å². The van der Waals surface area contributed by atoms with Crippen molar-refractivity contribution >= 4 is 45.8 Å². The number of carbonyl (C=O) groups is 4. The van der Waals surface area contributed by atoms with E-state index in [1.165, 1.54) is 4.90 Å². The van der Waals surface area contributed by atoms with Crippen LogP contribution < -0.4 is 14.5 Å². The number of anilines is 2. The van der Waals surface area contributed by atoms with Gasteiger partial charge in [-0.2, -0.15) is 0 Å². The molecule has 0 aromatic heterocycles. The number of allylic oxidation sites excluding steroid dienone is 2. The highest BCUT2D eigenvalue weighted by Gasteiger charge is 2.67. The van der Waals surface area contributed by atoms with Crippen LogP contribution in [0, 0.1) is 48.3 Å². The van der Waals surface area contributed by atoms with E-state index in [-0.39, 0.29) is 54.4 Å². The molecule has 3 aromatic rings. The molecule has 0 spiro atoms. The van der Waals surface area contributed by atoms with E-state index in [4.69, 9.17) is 4.74 Å². The predicted molar refractivity (Wildman–Crippen MR) is 148 cm³/mol. The number of hydrogen-bond acceptors (Lipinski definition) is 5. The Kier molecular flexibility index (Phi) is 4.94. The van der Waals surface area contributed by atoms with Gasteiger partial charge in [-0.1, -0.05) is 48.6 Å². The molecule has 2 saturated heterocycles. The second-order valence-electron chi connectivity index (χ2n) is 11.9. The van der Waals surface area contributed by atoms with Crippen LogP contribution >= 0.6 is 0 Å². The van der Waals surface area contributed by atoms with Crippen LogP contribution in [0.2, 0.25) is 0 Å². The summed E-state index contributed by atoms with van der Waals surface area (Å²) in [6.07, 6.45) is 5.54. The Labute approximate surface area is 231 Å². The summed E-state index contributed by atoms with van der Waals surface area (Å²) in [7, 11) is 0. The van der Waals surface area contributed by atoms with E-state index >= 15 is 0 Å². The fraction of sp³-hybridized carbons (Fsp3) is 0.333. The molecule has 9 rings (SSSR count). The molecule has 0 N–H and O–H groups in total. The average Bonchev–Trinajstić information content (AvgIpc) is 3.64. The zero-order chi connectivity index (χ0) is 27.3. The van der Waals surface area contributed by atoms with Crippen LogP contribution in [-0.4, -0.2) is 30.2 Å². The first-order valence-corrected chi connectivity index (χ1v) is 14.1. The van der Waals surface area contributed by atoms with Gasteiger partial charge in [0.2, 0.25) is 17.7 Å². The number of ether oxygens (including phenoxy) is 1. The first kappa shape index (κ1) is 23.6. The van der Waals surface area contributed by atoms with Crippen molar-refractivity contribution < 1.29 is 23.9 Å². The van der Waals surface area contributed by atoms with Gasteiger partial charge in [0.05, 0.1) is 29.1 Å². The lowest BCUT2D eigenvalue weighted by molar-refractivity contribution is -0.139. The Balaban J connectivity index is 0.993. The number of esters is 1. The first-order valence-electron chi connectivity index (χ1n) is 14.1. The third-order valence-corrected chi connectivity index (χ3v) is 9.81. The average molecular weight is 533 g/mol. The van der Waals surface area contributed by atoms with Crippen LogP contribution in [0.5, 0.6) is 5.75 Å². The maximum atomic E-state index is 13.5. The van der Waals surface area contributed by atoms with Crippen molar-refractivity contribution in [1.29, 1.82) is 0 Å². The molecule has 2 saturated carbocycles. The molecular weight excluding hydrogens is 504 g/mol. The number of hydrogen-bond donors (Lipinski definition) is 0. The molecule has 0 unspecified atom stereocenters. The van der Waals surface area contributed by atoms with Crippen LogP contribution in [0.3, 0.4) is 0 Å². The molecule has 4 aliphatic carbocycles. The molecule has 7 nitrogen and oxygen atoms in total. The largest absolute Gasteiger partial charge is 0.426 e. The van der Waals surface area contributed by atoms with Gasteiger partial charge in [0.15, 0.2) is 0 Å². The number of rotatable bonds is 4. The maximum absolute atomic E-state index is 13.5. The fourth-order valence-electron chi connectivity index (χ4n) is 7.88. The molecular formula is C33H28N2O5. The smallest absolute Gasteiger partial charge is 0.316 e. The van der Waals surface area contributed by atoms with Crippen molar-refractivity contribution in [3.05, 3.63) is 78.4 Å². The maximum Gasteiger partial charge on any atom is 0.316 e. The highest BCUT2D eigenvalue weighted by Crippen LogP contribution is 2.65. The monoisotopic (exact) mass is 532 g/mol. The number of fused-ring (bicyclic) bond motifs is 1. The summed E-state index contributed by atoms with van der Waals surface area (Å²) < 4.78 is 5.71. The summed E-state index contributed by atoms with van der Waals surface area (Å²) in [6, 6.07) is 18.7. The number of amides is 3. The minimum Gasteiger partial charge on any atom is -0.426 e. The summed E-state index contributed by atoms with van der Waals surface area (Å²) in [5, 5.41) is 1.99. The first-order chi connectivity index (χ1) is 19.4. The van der Waals surface area contributed by atoms with Crippen LogP contribution in [0.25, 0.3) is 10.8 Å². The van der Waals surface area contributed by atoms with Gasteiger partial charge in [-0.05, 0) is 72.2 Å². The molecule has 2 heterocycles. The summed E-state index contributed by atoms with van der Waals surface area (Å²) in [6.45, 7) is 2.07. The zero-order valence-corrected chi connectivity index (χ0v) is 22.0. The van der Waals surface area contributed by atoms with Gasteiger partial charge in [-0.25, -0.2) is 4.90 Å². The van der Waals surface area contributed by atoms with Crippen molar-refractivity contribution in [2.75, 3.05) is 16.3 Å². The van der Waals surface area contributed by atoms with E-state index in [1.54, 1.807) is 23.1 Å². The van der Waals surface area contributed by atoms with Crippen molar-refractivity contribution in [2.45, 2.75) is 19.8 Å². The number of carbonyl (C=O) groups excluding carboxylic acids is 4. The summed E-state index contributed by atoms with van der Waals surface area (Å²) >= 11 is 0. The normalized spacial score (nSPS) is 31.6. The molecule has 2 aliphatic heterocycles. The van der Waals surface area contributed by atoms with E-state index in [9.17, 15) is 19.2 Å². The minimum absolute atomic E-state index is 0.0804. The topological polar surface area (TPSA) is 84.0 Å². The molecule has 6 aliphatic rings. The summed E-state index contributed by atoms with van der Waals surface area (Å²) in [5.41, 5.74) is 2.03. The quantitative estimate of drug-likeness (QED) is 0.211. The van der Waals surface area contributed by atoms with Gasteiger partial charge >= 0.3 is 5.97 Å². The Hall–Kier alpha value is -4.26. The SMILES string of the molecule is Cc1cc(OC(=O)[C@@H]2CC(=O)N(c3cccc4ccccc34)C2)ccc1N1C(=O)[C@@H]2[C@H]3C=C[C@@H]([C@@H]4C[C@@H]34)[C@@H]2C1=O. The second-order valence-corrected chi connectivity index (χ2v) is 11.9. The molecule has 40 heavy (non-hydrogen) atoms. The third-order valence-electron chi connectivity index (χ3n) is 9.81. The molecule has 0 radical (unpaired) electrons. The Bertz CT molecular complexity index is 1640. The Morgan fingerprint density at radius 2 is 1.55 bits per heavy atom. The predicted octanol–water partition coefficient (Wildman–Crippen LogP) is 4.66. The number of benzene rings is 3. The lowest BCUT2D eigenvalue weighted by Crippen LogP contribution is -2.40. The van der Waals surface area contributed by atoms with Gasteiger partial charge in [-0.15, -0.1) is 0 Å². The fourth-order valence-corrected chi connectivity index (χ4v) is 7.88. The summed E-state index contributed by atoms with van der Waals surface area (Å²) in [5.74, 6) is -0.120. The van der Waals surface area contributed by atoms with Gasteiger partial charge in [0.1, 0.15) is 5.75 Å². The standard InChI is InChI=1S/C33H28N2O5/c1-17-13-20(9-12-26(17)35-31(37)29-22-10-11-23(25-15-24(22)25)30(29)32(35)38)40-33(39)19-14-28(36)34(16-19)27-8-4-6-18-5-2-3-7-21(18)27/h2-13,19,22-25,29-30H,14-16H2,1H3/t19-,22+,23+,24+,25+,29-,30+/m1/s1. The lowest BCUT2D eigenvalue weighted by atomic mass is 9.63. The third kappa shape index (κ3) is 3.30. The molecule has 3 aromatic carbocycles. The highest BCUT2D eigenvalue weighted by molar-refractivity contribution is 6.23. The van der Waals surface area contributed by atoms with Crippen LogP contribution in [-0.2, 0) is 19.2 Å². The van der Waals surface area contributed by atoms with E-state index in [1.807, 2.05) is 49.4 Å². The summed E-state index contributed by atoms with van der Waals surface area (Å²) in [4.78, 5) is 56.1. The Morgan fingerprint density at radius 1 is 0.850 bits per heavy atom. The zero-order valence-electron chi connectivity index (χ0n) is 22.0. The van der Waals surface area contributed by atoms with Crippen LogP contribution in [0.1, 0.15) is 18.4 Å². The van der Waals surface area contributed by atoms with Gasteiger partial charge < -0.3 is 9.64 Å². The number of aryl methyl sites for hydroxylation is 1. The van der Waals surface area contributed by atoms with E-state index in [0.29, 0.717) is 28.8 Å². The van der Waals surface area contributed by atoms with Crippen molar-refractivity contribution in [3.63, 3.8) is 0 Å². The number of nitrogens with zero attached hydrogens (tertiary/aromatic N) is 2. The number of imide groups is 1. The second kappa shape index (κ2) is 8.37. The van der Waals surface area contributed by atoms with Crippen LogP contribution in [0.4, 0.5) is 11.4 Å². The van der Waals surface area contributed by atoms with E-state index < -0.39 is 11.9 Å². The highest BCUT2D eigenvalue weighted by atomic mass is 16.5. The van der Waals surface area contributed by atoms with Gasteiger partial charge in [0, 0.05) is 18.4 Å². The molecule has 2 bridgehead atoms. The van der Waals surface area contributed by atoms with Gasteiger partial charge in [0.25, 0.3) is 0 Å². The molecule has 200 valence electrons. The lowest BCUT2D eigenvalue weighted by Gasteiger charge is -2.37. The van der Waals surface area contributed by atoms with E-state index in [0.717, 1.165) is 22.9 Å². The van der Waals surface area contributed by atoms with Gasteiger partial charge in [-0.3, -0.25) is 19.2 Å². The molecule has 7 atom stereocenters. The van der Waals surface area contributed by atoms with Crippen LogP contribution in [0.15, 0.2) is 72.8 Å². The Morgan fingerprint density at radius 3 is 2.27 bits per heavy atom. The molecule has 3 amide bonds. The molecule has 4 fully saturated rings. The molecule has 7 heteroatoms. The minimum atomic E-state index is -0.592. The van der Waals surface area contributed by atoms with E-state index in [2.05, 4.69) is 12.2 Å². The van der Waals surface area contributed by atoms with Crippen molar-refractivity contribution in [3.8, 4) is 5.75 Å². The van der Waals surface area contributed by atoms with Crippen molar-refractivity contribution in [2.24, 2.45) is 41.4 Å².